The van der Waals surface area contributed by atoms with Crippen molar-refractivity contribution in [3.8, 4) is 16.9 Å². The van der Waals surface area contributed by atoms with E-state index in [2.05, 4.69) is 15.6 Å². The van der Waals surface area contributed by atoms with Crippen LogP contribution in [0.3, 0.4) is 0 Å². The van der Waals surface area contributed by atoms with Gasteiger partial charge in [-0.3, -0.25) is 4.79 Å². The summed E-state index contributed by atoms with van der Waals surface area (Å²) in [4.78, 5) is 23.3. The zero-order valence-electron chi connectivity index (χ0n) is 16.3. The number of hydrogen-bond acceptors (Lipinski definition) is 4. The summed E-state index contributed by atoms with van der Waals surface area (Å²) in [6, 6.07) is 24.8. The van der Waals surface area contributed by atoms with Gasteiger partial charge in [0, 0.05) is 22.9 Å². The van der Waals surface area contributed by atoms with Crippen LogP contribution >= 0.6 is 0 Å². The quantitative estimate of drug-likeness (QED) is 0.371. The second-order valence-electron chi connectivity index (χ2n) is 6.66. The van der Waals surface area contributed by atoms with Crippen molar-refractivity contribution in [1.29, 1.82) is 0 Å². The van der Waals surface area contributed by atoms with E-state index in [0.29, 0.717) is 22.5 Å². The molecular formula is C24H18N4O3. The zero-order valence-corrected chi connectivity index (χ0v) is 16.3. The molecule has 0 radical (unpaired) electrons. The predicted octanol–water partition coefficient (Wildman–Crippen LogP) is 4.00. The van der Waals surface area contributed by atoms with Crippen LogP contribution < -0.4 is 5.43 Å². The summed E-state index contributed by atoms with van der Waals surface area (Å²) in [6.07, 6.45) is 3.31. The molecule has 0 aliphatic carbocycles. The van der Waals surface area contributed by atoms with Crippen LogP contribution in [0.5, 0.6) is 0 Å². The molecule has 0 spiro atoms. The van der Waals surface area contributed by atoms with Gasteiger partial charge in [-0.1, -0.05) is 48.5 Å². The Kier molecular flexibility index (Phi) is 5.66. The van der Waals surface area contributed by atoms with Crippen molar-refractivity contribution in [2.75, 3.05) is 0 Å². The molecule has 0 unspecified atom stereocenters. The van der Waals surface area contributed by atoms with Crippen LogP contribution in [0.4, 0.5) is 0 Å². The minimum atomic E-state index is -0.987. The molecule has 7 nitrogen and oxygen atoms in total. The maximum Gasteiger partial charge on any atom is 0.335 e. The second kappa shape index (κ2) is 8.87. The zero-order chi connectivity index (χ0) is 21.6. The number of benzene rings is 3. The van der Waals surface area contributed by atoms with Crippen LogP contribution in [0.15, 0.2) is 96.2 Å². The Labute approximate surface area is 178 Å². The molecule has 0 aliphatic heterocycles. The van der Waals surface area contributed by atoms with Crippen LogP contribution in [-0.4, -0.2) is 33.0 Å². The molecule has 7 heteroatoms. The van der Waals surface area contributed by atoms with Crippen molar-refractivity contribution in [1.82, 2.24) is 15.2 Å². The monoisotopic (exact) mass is 410 g/mol. The summed E-state index contributed by atoms with van der Waals surface area (Å²) in [5.41, 5.74) is 6.20. The minimum absolute atomic E-state index is 0.199. The fourth-order valence-electron chi connectivity index (χ4n) is 3.01. The Bertz CT molecular complexity index is 1230. The first-order valence-corrected chi connectivity index (χ1v) is 9.49. The summed E-state index contributed by atoms with van der Waals surface area (Å²) in [5, 5.41) is 17.8. The fourth-order valence-corrected chi connectivity index (χ4v) is 3.01. The highest BCUT2D eigenvalue weighted by Crippen LogP contribution is 2.22. The number of aromatic nitrogens is 2. The molecule has 0 saturated carbocycles. The Morgan fingerprint density at radius 3 is 2.16 bits per heavy atom. The maximum absolute atomic E-state index is 12.2. The number of hydrazone groups is 1. The molecule has 0 fully saturated rings. The van der Waals surface area contributed by atoms with Crippen molar-refractivity contribution in [2.45, 2.75) is 0 Å². The summed E-state index contributed by atoms with van der Waals surface area (Å²) < 4.78 is 1.65. The van der Waals surface area contributed by atoms with E-state index < -0.39 is 5.97 Å². The van der Waals surface area contributed by atoms with Crippen molar-refractivity contribution >= 4 is 18.1 Å². The number of amides is 1. The van der Waals surface area contributed by atoms with Gasteiger partial charge in [-0.25, -0.2) is 14.9 Å². The Morgan fingerprint density at radius 1 is 0.871 bits per heavy atom. The molecule has 4 aromatic rings. The fraction of sp³-hybridized carbons (Fsp3) is 0. The van der Waals surface area contributed by atoms with Gasteiger partial charge in [0.1, 0.15) is 5.69 Å². The van der Waals surface area contributed by atoms with Gasteiger partial charge in [0.25, 0.3) is 5.91 Å². The third-order valence-corrected chi connectivity index (χ3v) is 4.57. The number of nitrogens with one attached hydrogen (secondary N) is 1. The van der Waals surface area contributed by atoms with Gasteiger partial charge in [0.2, 0.25) is 0 Å². The number of rotatable bonds is 6. The summed E-state index contributed by atoms with van der Waals surface area (Å²) in [5.74, 6) is -1.30. The van der Waals surface area contributed by atoms with Crippen molar-refractivity contribution in [3.05, 3.63) is 108 Å². The molecule has 3 aromatic carbocycles. The van der Waals surface area contributed by atoms with Gasteiger partial charge < -0.3 is 5.11 Å². The van der Waals surface area contributed by atoms with E-state index in [0.717, 1.165) is 5.56 Å². The van der Waals surface area contributed by atoms with Crippen LogP contribution in [0.25, 0.3) is 16.9 Å². The molecule has 0 saturated heterocycles. The van der Waals surface area contributed by atoms with Crippen LogP contribution in [-0.2, 0) is 0 Å². The van der Waals surface area contributed by atoms with Crippen molar-refractivity contribution in [2.24, 2.45) is 5.10 Å². The van der Waals surface area contributed by atoms with Crippen LogP contribution in [0.1, 0.15) is 26.3 Å². The molecule has 4 rings (SSSR count). The lowest BCUT2D eigenvalue weighted by Crippen LogP contribution is -2.17. The summed E-state index contributed by atoms with van der Waals surface area (Å²) in [6.45, 7) is 0. The van der Waals surface area contributed by atoms with Gasteiger partial charge in [0.15, 0.2) is 0 Å². The number of nitrogens with zero attached hydrogens (tertiary/aromatic N) is 3. The molecular weight excluding hydrogens is 392 g/mol. The molecule has 0 aliphatic rings. The smallest absolute Gasteiger partial charge is 0.335 e. The van der Waals surface area contributed by atoms with Gasteiger partial charge in [-0.15, -0.1) is 0 Å². The molecule has 0 bridgehead atoms. The normalized spacial score (nSPS) is 10.8. The SMILES string of the molecule is O=C(O)c1ccc(-n2cc(/C=N/NC(=O)c3ccccc3)c(-c3ccccc3)n2)cc1. The topological polar surface area (TPSA) is 96.6 Å². The van der Waals surface area contributed by atoms with Gasteiger partial charge in [0.05, 0.1) is 17.5 Å². The molecule has 0 atom stereocenters. The summed E-state index contributed by atoms with van der Waals surface area (Å²) >= 11 is 0. The molecule has 1 amide bonds. The molecule has 1 aromatic heterocycles. The average Bonchev–Trinajstić information content (AvgIpc) is 3.24. The number of aromatic carboxylic acids is 1. The molecule has 2 N–H and O–H groups in total. The predicted molar refractivity (Wildman–Crippen MR) is 117 cm³/mol. The van der Waals surface area contributed by atoms with E-state index in [-0.39, 0.29) is 11.5 Å². The lowest BCUT2D eigenvalue weighted by molar-refractivity contribution is 0.0696. The van der Waals surface area contributed by atoms with E-state index in [1.165, 1.54) is 18.3 Å². The first-order chi connectivity index (χ1) is 15.1. The van der Waals surface area contributed by atoms with E-state index in [9.17, 15) is 9.59 Å². The second-order valence-corrected chi connectivity index (χ2v) is 6.66. The number of carboxylic acid groups (broad SMARTS) is 1. The number of carbonyl (C=O) groups is 2. The van der Waals surface area contributed by atoms with E-state index in [1.807, 2.05) is 36.4 Å². The highest BCUT2D eigenvalue weighted by Gasteiger charge is 2.12. The minimum Gasteiger partial charge on any atom is -0.478 e. The number of hydrogen-bond donors (Lipinski definition) is 2. The number of carbonyl (C=O) groups excluding carboxylic acids is 1. The van der Waals surface area contributed by atoms with Crippen LogP contribution in [0.2, 0.25) is 0 Å². The van der Waals surface area contributed by atoms with Crippen molar-refractivity contribution < 1.29 is 14.7 Å². The molecule has 31 heavy (non-hydrogen) atoms. The highest BCUT2D eigenvalue weighted by molar-refractivity contribution is 5.95. The molecule has 1 heterocycles. The summed E-state index contributed by atoms with van der Waals surface area (Å²) in [7, 11) is 0. The third-order valence-electron chi connectivity index (χ3n) is 4.57. The first-order valence-electron chi connectivity index (χ1n) is 9.49. The van der Waals surface area contributed by atoms with Gasteiger partial charge in [-0.2, -0.15) is 10.2 Å². The first kappa shape index (κ1) is 19.8. The lowest BCUT2D eigenvalue weighted by Gasteiger charge is -2.02. The Morgan fingerprint density at radius 2 is 1.52 bits per heavy atom. The lowest BCUT2D eigenvalue weighted by atomic mass is 10.1. The standard InChI is InChI=1S/C24H18N4O3/c29-23(18-9-5-2-6-10-18)26-25-15-20-16-28(21-13-11-19(12-14-21)24(30)31)27-22(20)17-7-3-1-4-8-17/h1-16H,(H,26,29)(H,30,31)/b25-15+. The van der Waals surface area contributed by atoms with Crippen molar-refractivity contribution in [3.63, 3.8) is 0 Å². The largest absolute Gasteiger partial charge is 0.478 e. The highest BCUT2D eigenvalue weighted by atomic mass is 16.4. The third kappa shape index (κ3) is 4.56. The van der Waals surface area contributed by atoms with E-state index >= 15 is 0 Å². The Balaban J connectivity index is 1.64. The molecule has 152 valence electrons. The number of carboxylic acids is 1. The van der Waals surface area contributed by atoms with Gasteiger partial charge >= 0.3 is 5.97 Å². The van der Waals surface area contributed by atoms with Crippen LogP contribution in [0, 0.1) is 0 Å². The Hall–Kier alpha value is -4.52. The average molecular weight is 410 g/mol. The van der Waals surface area contributed by atoms with E-state index in [4.69, 9.17) is 5.11 Å². The van der Waals surface area contributed by atoms with E-state index in [1.54, 1.807) is 47.3 Å². The maximum atomic E-state index is 12.2. The van der Waals surface area contributed by atoms with Gasteiger partial charge in [-0.05, 0) is 36.4 Å².